The molecule has 0 aliphatic heterocycles. The molecule has 5 nitrogen and oxygen atoms in total. The van der Waals surface area contributed by atoms with E-state index in [2.05, 4.69) is 55.0 Å². The van der Waals surface area contributed by atoms with Gasteiger partial charge in [0.05, 0.1) is 0 Å². The molecule has 5 rings (SSSR count). The summed E-state index contributed by atoms with van der Waals surface area (Å²) in [5.41, 5.74) is 7.31. The van der Waals surface area contributed by atoms with Gasteiger partial charge in [-0.2, -0.15) is 0 Å². The molecule has 0 bridgehead atoms. The van der Waals surface area contributed by atoms with Crippen LogP contribution in [0.3, 0.4) is 0 Å². The molecule has 0 spiro atoms. The summed E-state index contributed by atoms with van der Waals surface area (Å²) >= 11 is 0. The van der Waals surface area contributed by atoms with Gasteiger partial charge in [-0.05, 0) is 68.0 Å². The summed E-state index contributed by atoms with van der Waals surface area (Å²) in [5.74, 6) is 2.70. The van der Waals surface area contributed by atoms with Crippen LogP contribution in [-0.2, 0) is 19.4 Å². The Bertz CT molecular complexity index is 1340. The smallest absolute Gasteiger partial charge is 0.163 e. The van der Waals surface area contributed by atoms with Crippen LogP contribution < -0.4 is 9.47 Å². The zero-order chi connectivity index (χ0) is 25.1. The molecule has 1 atom stereocenters. The highest BCUT2D eigenvalue weighted by molar-refractivity contribution is 5.99. The second kappa shape index (κ2) is 10.4. The van der Waals surface area contributed by atoms with Gasteiger partial charge in [-0.25, -0.2) is 4.98 Å². The minimum absolute atomic E-state index is 0.196. The number of rotatable bonds is 8. The number of aryl methyl sites for hydroxylation is 3. The van der Waals surface area contributed by atoms with Gasteiger partial charge in [-0.1, -0.05) is 48.0 Å². The van der Waals surface area contributed by atoms with E-state index in [4.69, 9.17) is 9.47 Å². The molecule has 1 N–H and O–H groups in total. The summed E-state index contributed by atoms with van der Waals surface area (Å²) in [6, 6.07) is 18.3. The molecule has 36 heavy (non-hydrogen) atoms. The molecule has 0 unspecified atom stereocenters. The minimum Gasteiger partial charge on any atom is -0.488 e. The fraction of sp³-hybridized carbons (Fsp3) is 0.290. The first-order valence-electron chi connectivity index (χ1n) is 12.6. The largest absolute Gasteiger partial charge is 0.488 e. The first-order valence-corrected chi connectivity index (χ1v) is 12.6. The van der Waals surface area contributed by atoms with E-state index in [-0.39, 0.29) is 11.9 Å². The number of aromatic nitrogens is 2. The van der Waals surface area contributed by atoms with E-state index in [9.17, 15) is 4.79 Å². The lowest BCUT2D eigenvalue weighted by Crippen LogP contribution is -2.18. The maximum atomic E-state index is 12.7. The van der Waals surface area contributed by atoms with Crippen molar-refractivity contribution in [2.75, 3.05) is 0 Å². The van der Waals surface area contributed by atoms with Crippen LogP contribution >= 0.6 is 0 Å². The number of aromatic amines is 1. The number of carbonyl (C=O) groups excluding carboxylic acids is 1. The van der Waals surface area contributed by atoms with E-state index in [1.54, 1.807) is 6.20 Å². The zero-order valence-electron chi connectivity index (χ0n) is 21.1. The van der Waals surface area contributed by atoms with Gasteiger partial charge in [0.1, 0.15) is 30.0 Å². The number of carbonyl (C=O) groups is 1. The Morgan fingerprint density at radius 2 is 1.78 bits per heavy atom. The zero-order valence-corrected chi connectivity index (χ0v) is 21.1. The number of nitrogens with zero attached hydrogens (tertiary/aromatic N) is 1. The molecule has 5 heteroatoms. The SMILES string of the molecule is Cc1cc(C)c(OCc2c(O[C@@H](Cc3ncc[nH]3)c3ccccc3)ccc3c2CCCC3=O)c(C)c1. The average molecular weight is 481 g/mol. The molecule has 0 saturated heterocycles. The fourth-order valence-electron chi connectivity index (χ4n) is 5.22. The Balaban J connectivity index is 1.52. The van der Waals surface area contributed by atoms with Gasteiger partial charge in [0.25, 0.3) is 0 Å². The van der Waals surface area contributed by atoms with Gasteiger partial charge >= 0.3 is 0 Å². The summed E-state index contributed by atoms with van der Waals surface area (Å²) in [6.07, 6.45) is 6.23. The topological polar surface area (TPSA) is 64.2 Å². The molecule has 0 fully saturated rings. The average Bonchev–Trinajstić information content (AvgIpc) is 3.38. The lowest BCUT2D eigenvalue weighted by Gasteiger charge is -2.25. The van der Waals surface area contributed by atoms with Crippen LogP contribution in [0.25, 0.3) is 0 Å². The van der Waals surface area contributed by atoms with E-state index in [1.165, 1.54) is 5.56 Å². The Hall–Kier alpha value is -3.86. The van der Waals surface area contributed by atoms with Crippen molar-refractivity contribution < 1.29 is 14.3 Å². The van der Waals surface area contributed by atoms with Crippen LogP contribution in [-0.4, -0.2) is 15.8 Å². The lowest BCUT2D eigenvalue weighted by atomic mass is 9.87. The third-order valence-electron chi connectivity index (χ3n) is 6.86. The van der Waals surface area contributed by atoms with Crippen molar-refractivity contribution >= 4 is 5.78 Å². The molecular formula is C31H32N2O3. The number of Topliss-reactive ketones (excluding diaryl/α,β-unsaturated/α-hetero) is 1. The first-order chi connectivity index (χ1) is 17.5. The Morgan fingerprint density at radius 3 is 2.50 bits per heavy atom. The molecular weight excluding hydrogens is 448 g/mol. The molecule has 3 aromatic carbocycles. The maximum Gasteiger partial charge on any atom is 0.163 e. The Kier molecular flexibility index (Phi) is 6.90. The van der Waals surface area contributed by atoms with Crippen LogP contribution in [0.15, 0.2) is 67.0 Å². The second-order valence-electron chi connectivity index (χ2n) is 9.62. The number of hydrogen-bond donors (Lipinski definition) is 1. The predicted molar refractivity (Wildman–Crippen MR) is 141 cm³/mol. The minimum atomic E-state index is -0.240. The number of imidazole rings is 1. The molecule has 1 aromatic heterocycles. The quantitative estimate of drug-likeness (QED) is 0.301. The van der Waals surface area contributed by atoms with E-state index in [0.717, 1.165) is 63.5 Å². The summed E-state index contributed by atoms with van der Waals surface area (Å²) in [5, 5.41) is 0. The van der Waals surface area contributed by atoms with Crippen LogP contribution in [0.2, 0.25) is 0 Å². The van der Waals surface area contributed by atoms with E-state index >= 15 is 0 Å². The van der Waals surface area contributed by atoms with Gasteiger partial charge in [-0.3, -0.25) is 4.79 Å². The summed E-state index contributed by atoms with van der Waals surface area (Å²) < 4.78 is 13.2. The van der Waals surface area contributed by atoms with Crippen LogP contribution in [0, 0.1) is 20.8 Å². The summed E-state index contributed by atoms with van der Waals surface area (Å²) in [4.78, 5) is 20.4. The Labute approximate surface area is 212 Å². The normalized spacial score (nSPS) is 13.8. The molecule has 1 heterocycles. The van der Waals surface area contributed by atoms with Crippen molar-refractivity contribution in [3.05, 3.63) is 112 Å². The third-order valence-corrected chi connectivity index (χ3v) is 6.86. The Morgan fingerprint density at radius 1 is 1.00 bits per heavy atom. The molecule has 0 saturated carbocycles. The number of fused-ring (bicyclic) bond motifs is 1. The van der Waals surface area contributed by atoms with Gasteiger partial charge in [-0.15, -0.1) is 0 Å². The third kappa shape index (κ3) is 5.06. The molecule has 0 radical (unpaired) electrons. The maximum absolute atomic E-state index is 12.7. The monoisotopic (exact) mass is 480 g/mol. The summed E-state index contributed by atoms with van der Waals surface area (Å²) in [7, 11) is 0. The highest BCUT2D eigenvalue weighted by Crippen LogP contribution is 2.36. The van der Waals surface area contributed by atoms with Crippen molar-refractivity contribution in [3.8, 4) is 11.5 Å². The van der Waals surface area contributed by atoms with Crippen LogP contribution in [0.4, 0.5) is 0 Å². The standard InChI is InChI=1S/C31H32N2O3/c1-20-16-21(2)31(22(3)17-20)35-19-26-24-10-7-11-27(34)25(24)12-13-28(26)36-29(18-30-32-14-15-33-30)23-8-5-4-6-9-23/h4-6,8-9,12-17,29H,7,10-11,18-19H2,1-3H3,(H,32,33)/t29-/m0/s1. The highest BCUT2D eigenvalue weighted by atomic mass is 16.5. The van der Waals surface area contributed by atoms with E-state index in [1.807, 2.05) is 36.5 Å². The second-order valence-corrected chi connectivity index (χ2v) is 9.62. The number of ketones is 1. The van der Waals surface area contributed by atoms with Gasteiger partial charge in [0, 0.05) is 36.4 Å². The molecule has 1 aliphatic rings. The van der Waals surface area contributed by atoms with Gasteiger partial charge < -0.3 is 14.5 Å². The number of ether oxygens (including phenoxy) is 2. The molecule has 1 aliphatic carbocycles. The van der Waals surface area contributed by atoms with Crippen molar-refractivity contribution in [2.24, 2.45) is 0 Å². The van der Waals surface area contributed by atoms with Crippen molar-refractivity contribution in [1.29, 1.82) is 0 Å². The number of benzene rings is 3. The first kappa shape index (κ1) is 23.9. The van der Waals surface area contributed by atoms with E-state index in [0.29, 0.717) is 19.4 Å². The van der Waals surface area contributed by atoms with E-state index < -0.39 is 0 Å². The molecule has 184 valence electrons. The highest BCUT2D eigenvalue weighted by Gasteiger charge is 2.25. The number of H-pyrrole nitrogens is 1. The molecule has 0 amide bonds. The van der Waals surface area contributed by atoms with Gasteiger partial charge in [0.2, 0.25) is 0 Å². The van der Waals surface area contributed by atoms with Crippen molar-refractivity contribution in [1.82, 2.24) is 9.97 Å². The van der Waals surface area contributed by atoms with Crippen molar-refractivity contribution in [3.63, 3.8) is 0 Å². The lowest BCUT2D eigenvalue weighted by molar-refractivity contribution is 0.0971. The predicted octanol–water partition coefficient (Wildman–Crippen LogP) is 6.80. The number of hydrogen-bond acceptors (Lipinski definition) is 4. The summed E-state index contributed by atoms with van der Waals surface area (Å²) in [6.45, 7) is 6.59. The number of nitrogens with one attached hydrogen (secondary N) is 1. The fourth-order valence-corrected chi connectivity index (χ4v) is 5.22. The van der Waals surface area contributed by atoms with Crippen LogP contribution in [0.5, 0.6) is 11.5 Å². The van der Waals surface area contributed by atoms with Crippen molar-refractivity contribution in [2.45, 2.75) is 59.2 Å². The van der Waals surface area contributed by atoms with Gasteiger partial charge in [0.15, 0.2) is 5.78 Å². The van der Waals surface area contributed by atoms with Crippen LogP contribution in [0.1, 0.15) is 68.5 Å². The molecule has 4 aromatic rings.